The van der Waals surface area contributed by atoms with E-state index in [4.69, 9.17) is 10.1 Å². The minimum absolute atomic E-state index is 0.285. The smallest absolute Gasteiger partial charge is 0.312 e. The van der Waals surface area contributed by atoms with Crippen molar-refractivity contribution in [3.63, 3.8) is 0 Å². The number of nitrogens with zero attached hydrogens (tertiary/aromatic N) is 2. The Morgan fingerprint density at radius 3 is 2.33 bits per heavy atom. The van der Waals surface area contributed by atoms with Gasteiger partial charge in [-0.1, -0.05) is 19.3 Å². The molecule has 1 aliphatic rings. The van der Waals surface area contributed by atoms with Crippen molar-refractivity contribution in [3.8, 4) is 5.75 Å². The molecule has 6 heteroatoms. The van der Waals surface area contributed by atoms with Gasteiger partial charge in [0, 0.05) is 30.8 Å². The summed E-state index contributed by atoms with van der Waals surface area (Å²) < 4.78 is 0. The molecule has 0 aliphatic heterocycles. The number of aromatic hydroxyl groups is 1. The Bertz CT molecular complexity index is 925. The Morgan fingerprint density at radius 2 is 1.73 bits per heavy atom. The number of carbonyl (C=O) groups is 2. The molecule has 1 amide bonds. The van der Waals surface area contributed by atoms with E-state index in [0.29, 0.717) is 18.0 Å². The van der Waals surface area contributed by atoms with Gasteiger partial charge in [0.25, 0.3) is 0 Å². The third kappa shape index (κ3) is 4.99. The number of hydrogen-bond donors (Lipinski definition) is 2. The molecule has 6 nitrogen and oxygen atoms in total. The average Bonchev–Trinajstić information content (AvgIpc) is 2.71. The summed E-state index contributed by atoms with van der Waals surface area (Å²) in [6.07, 6.45) is 5.89. The van der Waals surface area contributed by atoms with Gasteiger partial charge in [-0.15, -0.1) is 0 Å². The fourth-order valence-electron chi connectivity index (χ4n) is 4.30. The molecule has 0 spiro atoms. The van der Waals surface area contributed by atoms with Crippen molar-refractivity contribution in [2.45, 2.75) is 64.7 Å². The van der Waals surface area contributed by atoms with Crippen LogP contribution < -0.4 is 4.90 Å². The number of aliphatic carboxylic acids is 1. The van der Waals surface area contributed by atoms with E-state index in [2.05, 4.69) is 0 Å². The number of hydrogen-bond acceptors (Lipinski definition) is 4. The van der Waals surface area contributed by atoms with E-state index in [0.717, 1.165) is 40.9 Å². The van der Waals surface area contributed by atoms with Crippen LogP contribution >= 0.6 is 0 Å². The van der Waals surface area contributed by atoms with E-state index >= 15 is 0 Å². The van der Waals surface area contributed by atoms with Crippen molar-refractivity contribution in [2.24, 2.45) is 0 Å². The number of benzene rings is 1. The lowest BCUT2D eigenvalue weighted by molar-refractivity contribution is -0.140. The number of carboxylic acids is 1. The predicted molar refractivity (Wildman–Crippen MR) is 116 cm³/mol. The van der Waals surface area contributed by atoms with Gasteiger partial charge >= 0.3 is 5.97 Å². The largest absolute Gasteiger partial charge is 0.506 e. The SMILES string of the molecule is Cc1cc(N(C)C(=O)CC(=O)O)cc(C)c1Cc1ccc(O)c(C2CCCCC2)n1. The maximum atomic E-state index is 12.1. The lowest BCUT2D eigenvalue weighted by Gasteiger charge is -2.23. The number of pyridine rings is 1. The molecule has 0 saturated heterocycles. The fourth-order valence-corrected chi connectivity index (χ4v) is 4.30. The highest BCUT2D eigenvalue weighted by Gasteiger charge is 2.21. The summed E-state index contributed by atoms with van der Waals surface area (Å²) in [7, 11) is 1.59. The van der Waals surface area contributed by atoms with Gasteiger partial charge in [0.15, 0.2) is 0 Å². The normalized spacial score (nSPS) is 14.5. The Labute approximate surface area is 177 Å². The highest BCUT2D eigenvalue weighted by molar-refractivity contribution is 6.02. The van der Waals surface area contributed by atoms with Crippen molar-refractivity contribution in [1.29, 1.82) is 0 Å². The van der Waals surface area contributed by atoms with Crippen LogP contribution in [0.15, 0.2) is 24.3 Å². The third-order valence-corrected chi connectivity index (χ3v) is 6.05. The second-order valence-corrected chi connectivity index (χ2v) is 8.30. The van der Waals surface area contributed by atoms with Crippen LogP contribution in [0.4, 0.5) is 5.69 Å². The number of rotatable bonds is 6. The molecule has 0 radical (unpaired) electrons. The molecule has 1 aromatic carbocycles. The number of aromatic nitrogens is 1. The van der Waals surface area contributed by atoms with Crippen LogP contribution in [0.5, 0.6) is 5.75 Å². The molecule has 1 aromatic heterocycles. The van der Waals surface area contributed by atoms with Gasteiger partial charge in [0.2, 0.25) is 5.91 Å². The van der Waals surface area contributed by atoms with Crippen LogP contribution in [0.1, 0.15) is 72.5 Å². The predicted octanol–water partition coefficient (Wildman–Crippen LogP) is 4.48. The second kappa shape index (κ2) is 9.28. The number of amides is 1. The quantitative estimate of drug-likeness (QED) is 0.685. The molecule has 1 aliphatic carbocycles. The van der Waals surface area contributed by atoms with Crippen LogP contribution in [0.2, 0.25) is 0 Å². The van der Waals surface area contributed by atoms with Crippen LogP contribution in [-0.4, -0.2) is 34.1 Å². The standard InChI is InChI=1S/C24H30N2O4/c1-15-11-19(26(3)22(28)14-23(29)30)12-16(2)20(15)13-18-9-10-21(27)24(25-18)17-7-5-4-6-8-17/h9-12,17,27H,4-8,13-14H2,1-3H3,(H,29,30). The molecule has 30 heavy (non-hydrogen) atoms. The molecule has 1 saturated carbocycles. The molecular formula is C24H30N2O4. The number of aryl methyl sites for hydroxylation is 2. The average molecular weight is 411 g/mol. The summed E-state index contributed by atoms with van der Waals surface area (Å²) in [4.78, 5) is 29.1. The van der Waals surface area contributed by atoms with Crippen LogP contribution in [0.3, 0.4) is 0 Å². The van der Waals surface area contributed by atoms with Crippen molar-refractivity contribution in [3.05, 3.63) is 52.3 Å². The first-order valence-electron chi connectivity index (χ1n) is 10.5. The van der Waals surface area contributed by atoms with Gasteiger partial charge in [-0.25, -0.2) is 0 Å². The minimum atomic E-state index is -1.14. The van der Waals surface area contributed by atoms with Gasteiger partial charge in [-0.05, 0) is 67.6 Å². The van der Waals surface area contributed by atoms with Crippen molar-refractivity contribution in [2.75, 3.05) is 11.9 Å². The topological polar surface area (TPSA) is 90.7 Å². The lowest BCUT2D eigenvalue weighted by atomic mass is 9.86. The summed E-state index contributed by atoms with van der Waals surface area (Å²) in [6.45, 7) is 3.98. The summed E-state index contributed by atoms with van der Waals surface area (Å²) in [5.41, 5.74) is 5.59. The molecule has 160 valence electrons. The highest BCUT2D eigenvalue weighted by atomic mass is 16.4. The number of carbonyl (C=O) groups excluding carboxylic acids is 1. The van der Waals surface area contributed by atoms with E-state index in [1.807, 2.05) is 32.0 Å². The van der Waals surface area contributed by atoms with Gasteiger partial charge < -0.3 is 15.1 Å². The van der Waals surface area contributed by atoms with E-state index in [9.17, 15) is 14.7 Å². The molecule has 1 fully saturated rings. The first-order chi connectivity index (χ1) is 14.3. The summed E-state index contributed by atoms with van der Waals surface area (Å²) in [5, 5.41) is 19.2. The second-order valence-electron chi connectivity index (χ2n) is 8.30. The van der Waals surface area contributed by atoms with Gasteiger partial charge in [-0.3, -0.25) is 14.6 Å². The first-order valence-corrected chi connectivity index (χ1v) is 10.5. The monoisotopic (exact) mass is 410 g/mol. The molecular weight excluding hydrogens is 380 g/mol. The molecule has 0 bridgehead atoms. The van der Waals surface area contributed by atoms with E-state index < -0.39 is 18.3 Å². The molecule has 2 aromatic rings. The maximum absolute atomic E-state index is 12.1. The Morgan fingerprint density at radius 1 is 1.10 bits per heavy atom. The van der Waals surface area contributed by atoms with Crippen LogP contribution in [0, 0.1) is 13.8 Å². The Hall–Kier alpha value is -2.89. The maximum Gasteiger partial charge on any atom is 0.312 e. The van der Waals surface area contributed by atoms with E-state index in [1.165, 1.54) is 24.2 Å². The van der Waals surface area contributed by atoms with Gasteiger partial charge in [0.05, 0.1) is 5.69 Å². The number of anilines is 1. The Balaban J connectivity index is 1.83. The zero-order valence-electron chi connectivity index (χ0n) is 17.9. The van der Waals surface area contributed by atoms with Crippen LogP contribution in [-0.2, 0) is 16.0 Å². The van der Waals surface area contributed by atoms with Crippen molar-refractivity contribution in [1.82, 2.24) is 4.98 Å². The van der Waals surface area contributed by atoms with Crippen molar-refractivity contribution < 1.29 is 19.8 Å². The molecule has 0 unspecified atom stereocenters. The Kier molecular flexibility index (Phi) is 6.75. The number of carboxylic acid groups (broad SMARTS) is 1. The summed E-state index contributed by atoms with van der Waals surface area (Å²) >= 11 is 0. The molecule has 2 N–H and O–H groups in total. The van der Waals surface area contributed by atoms with E-state index in [-0.39, 0.29) is 5.75 Å². The van der Waals surface area contributed by atoms with Gasteiger partial charge in [0.1, 0.15) is 12.2 Å². The third-order valence-electron chi connectivity index (χ3n) is 6.05. The van der Waals surface area contributed by atoms with Crippen molar-refractivity contribution >= 4 is 17.6 Å². The van der Waals surface area contributed by atoms with Crippen LogP contribution in [0.25, 0.3) is 0 Å². The summed E-state index contributed by atoms with van der Waals surface area (Å²) in [6, 6.07) is 7.44. The lowest BCUT2D eigenvalue weighted by Crippen LogP contribution is -2.28. The first kappa shape index (κ1) is 21.8. The van der Waals surface area contributed by atoms with E-state index in [1.54, 1.807) is 13.1 Å². The zero-order valence-corrected chi connectivity index (χ0v) is 17.9. The van der Waals surface area contributed by atoms with Gasteiger partial charge in [-0.2, -0.15) is 0 Å². The fraction of sp³-hybridized carbons (Fsp3) is 0.458. The summed E-state index contributed by atoms with van der Waals surface area (Å²) in [5.74, 6) is -0.972. The zero-order chi connectivity index (χ0) is 21.8. The molecule has 0 atom stereocenters. The molecule has 3 rings (SSSR count). The minimum Gasteiger partial charge on any atom is -0.506 e. The molecule has 1 heterocycles. The highest BCUT2D eigenvalue weighted by Crippen LogP contribution is 2.36.